The van der Waals surface area contributed by atoms with E-state index in [1.54, 1.807) is 14.0 Å². The lowest BCUT2D eigenvalue weighted by atomic mass is 9.94. The zero-order valence-corrected chi connectivity index (χ0v) is 15.1. The van der Waals surface area contributed by atoms with Crippen LogP contribution in [-0.4, -0.2) is 48.5 Å². The molecular formula is C21H26N2O2. The molecule has 0 unspecified atom stereocenters. The first-order chi connectivity index (χ1) is 12.1. The predicted octanol–water partition coefficient (Wildman–Crippen LogP) is 3.29. The van der Waals surface area contributed by atoms with Gasteiger partial charge in [-0.2, -0.15) is 0 Å². The molecule has 0 aliphatic carbocycles. The van der Waals surface area contributed by atoms with E-state index in [-0.39, 0.29) is 5.91 Å². The van der Waals surface area contributed by atoms with Crippen LogP contribution in [0.15, 0.2) is 36.4 Å². The largest absolute Gasteiger partial charge is 0.497 e. The Bertz CT molecular complexity index is 789. The second-order valence-corrected chi connectivity index (χ2v) is 7.50. The number of amides is 1. The van der Waals surface area contributed by atoms with Crippen LogP contribution in [0.2, 0.25) is 0 Å². The molecule has 0 aromatic heterocycles. The number of fused-ring (bicyclic) bond motifs is 5. The third-order valence-electron chi connectivity index (χ3n) is 5.77. The summed E-state index contributed by atoms with van der Waals surface area (Å²) >= 11 is 0. The van der Waals surface area contributed by atoms with Crippen molar-refractivity contribution in [2.75, 3.05) is 26.7 Å². The van der Waals surface area contributed by atoms with Crippen molar-refractivity contribution in [1.82, 2.24) is 9.80 Å². The van der Waals surface area contributed by atoms with Gasteiger partial charge in [0.25, 0.3) is 0 Å². The van der Waals surface area contributed by atoms with Gasteiger partial charge in [0.2, 0.25) is 5.91 Å². The van der Waals surface area contributed by atoms with Crippen molar-refractivity contribution in [3.05, 3.63) is 42.0 Å². The lowest BCUT2D eigenvalue weighted by molar-refractivity contribution is -0.129. The van der Waals surface area contributed by atoms with E-state index in [4.69, 9.17) is 4.74 Å². The number of rotatable bonds is 3. The first-order valence-corrected chi connectivity index (χ1v) is 9.18. The Morgan fingerprint density at radius 3 is 2.68 bits per heavy atom. The van der Waals surface area contributed by atoms with E-state index in [0.717, 1.165) is 31.9 Å². The maximum absolute atomic E-state index is 11.8. The first kappa shape index (κ1) is 16.4. The summed E-state index contributed by atoms with van der Waals surface area (Å²) in [6, 6.07) is 13.4. The van der Waals surface area contributed by atoms with Crippen LogP contribution in [0.1, 0.15) is 25.3 Å². The van der Waals surface area contributed by atoms with Crippen LogP contribution in [0.3, 0.4) is 0 Å². The van der Waals surface area contributed by atoms with Crippen molar-refractivity contribution in [2.24, 2.45) is 5.92 Å². The molecule has 5 rings (SSSR count). The fourth-order valence-corrected chi connectivity index (χ4v) is 4.36. The van der Waals surface area contributed by atoms with E-state index in [1.165, 1.54) is 29.2 Å². The molecule has 2 aromatic carbocycles. The number of carbonyl (C=O) groups excluding carboxylic acids is 1. The van der Waals surface area contributed by atoms with Gasteiger partial charge in [-0.1, -0.05) is 18.2 Å². The van der Waals surface area contributed by atoms with Crippen molar-refractivity contribution in [3.63, 3.8) is 0 Å². The summed E-state index contributed by atoms with van der Waals surface area (Å²) in [5, 5.41) is 2.46. The third-order valence-corrected chi connectivity index (χ3v) is 5.77. The third kappa shape index (κ3) is 3.36. The van der Waals surface area contributed by atoms with Crippen molar-refractivity contribution in [1.29, 1.82) is 0 Å². The molecule has 3 aliphatic heterocycles. The highest BCUT2D eigenvalue weighted by Crippen LogP contribution is 2.30. The van der Waals surface area contributed by atoms with E-state index in [9.17, 15) is 4.79 Å². The summed E-state index contributed by atoms with van der Waals surface area (Å²) in [7, 11) is 1.70. The summed E-state index contributed by atoms with van der Waals surface area (Å²) in [5.74, 6) is 1.74. The zero-order valence-electron chi connectivity index (χ0n) is 15.1. The van der Waals surface area contributed by atoms with Crippen LogP contribution < -0.4 is 4.74 Å². The topological polar surface area (TPSA) is 32.8 Å². The van der Waals surface area contributed by atoms with Crippen molar-refractivity contribution in [2.45, 2.75) is 32.4 Å². The number of hydrogen-bond acceptors (Lipinski definition) is 3. The average Bonchev–Trinajstić information content (AvgIpc) is 2.93. The average molecular weight is 338 g/mol. The molecular weight excluding hydrogens is 312 g/mol. The Hall–Kier alpha value is -2.07. The monoisotopic (exact) mass is 338 g/mol. The van der Waals surface area contributed by atoms with Gasteiger partial charge in [0, 0.05) is 39.1 Å². The molecule has 3 saturated heterocycles. The molecule has 3 aliphatic rings. The Balaban J connectivity index is 1.53. The number of hydrogen-bond donors (Lipinski definition) is 0. The molecule has 4 heteroatoms. The van der Waals surface area contributed by atoms with Gasteiger partial charge in [-0.15, -0.1) is 0 Å². The van der Waals surface area contributed by atoms with Gasteiger partial charge in [0.15, 0.2) is 0 Å². The summed E-state index contributed by atoms with van der Waals surface area (Å²) in [6.07, 6.45) is 2.46. The number of methoxy groups -OCH3 is 1. The van der Waals surface area contributed by atoms with Crippen molar-refractivity contribution >= 4 is 16.7 Å². The molecule has 0 saturated carbocycles. The van der Waals surface area contributed by atoms with E-state index in [1.807, 2.05) is 6.07 Å². The minimum absolute atomic E-state index is 0.221. The Morgan fingerprint density at radius 1 is 1.08 bits per heavy atom. The molecule has 2 atom stereocenters. The molecule has 2 aromatic rings. The lowest BCUT2D eigenvalue weighted by Crippen LogP contribution is -2.43. The van der Waals surface area contributed by atoms with Crippen molar-refractivity contribution < 1.29 is 9.53 Å². The second kappa shape index (κ2) is 6.68. The summed E-state index contributed by atoms with van der Waals surface area (Å²) < 4.78 is 5.31. The van der Waals surface area contributed by atoms with Gasteiger partial charge in [-0.05, 0) is 53.3 Å². The predicted molar refractivity (Wildman–Crippen MR) is 99.7 cm³/mol. The van der Waals surface area contributed by atoms with E-state index >= 15 is 0 Å². The van der Waals surface area contributed by atoms with E-state index < -0.39 is 0 Å². The minimum Gasteiger partial charge on any atom is -0.497 e. The van der Waals surface area contributed by atoms with E-state index in [0.29, 0.717) is 12.0 Å². The normalized spacial score (nSPS) is 23.7. The maximum Gasteiger partial charge on any atom is 0.219 e. The van der Waals surface area contributed by atoms with Gasteiger partial charge in [-0.25, -0.2) is 0 Å². The quantitative estimate of drug-likeness (QED) is 0.861. The van der Waals surface area contributed by atoms with Crippen LogP contribution >= 0.6 is 0 Å². The molecule has 1 amide bonds. The fraction of sp³-hybridized carbons (Fsp3) is 0.476. The number of carbonyl (C=O) groups is 1. The molecule has 3 heterocycles. The summed E-state index contributed by atoms with van der Waals surface area (Å²) in [4.78, 5) is 16.5. The van der Waals surface area contributed by atoms with Crippen LogP contribution in [0.4, 0.5) is 0 Å². The minimum atomic E-state index is 0.221. The van der Waals surface area contributed by atoms with Gasteiger partial charge in [0.1, 0.15) is 5.75 Å². The molecule has 0 spiro atoms. The molecule has 0 radical (unpaired) electrons. The fourth-order valence-electron chi connectivity index (χ4n) is 4.36. The smallest absolute Gasteiger partial charge is 0.219 e. The number of nitrogens with zero attached hydrogens (tertiary/aromatic N) is 2. The highest BCUT2D eigenvalue weighted by Gasteiger charge is 2.35. The molecule has 2 bridgehead atoms. The zero-order chi connectivity index (χ0) is 17.4. The van der Waals surface area contributed by atoms with Crippen LogP contribution in [0.25, 0.3) is 10.8 Å². The van der Waals surface area contributed by atoms with Gasteiger partial charge in [-0.3, -0.25) is 9.69 Å². The highest BCUT2D eigenvalue weighted by atomic mass is 16.5. The Kier molecular flexibility index (Phi) is 4.38. The maximum atomic E-state index is 11.8. The molecule has 4 nitrogen and oxygen atoms in total. The Labute approximate surface area is 149 Å². The molecule has 3 fully saturated rings. The van der Waals surface area contributed by atoms with Crippen LogP contribution in [0.5, 0.6) is 5.75 Å². The standard InChI is InChI=1S/C21H26N2O2/c1-15(24)22-12-17-4-7-20(14-22)23(13-17)11-16-3-5-19-10-21(25-2)8-6-18(19)9-16/h3,5-6,8-10,17,20H,4,7,11-14H2,1-2H3/t17-,20+/m0/s1. The molecule has 0 N–H and O–H groups in total. The van der Waals surface area contributed by atoms with Gasteiger partial charge in [0.05, 0.1) is 7.11 Å². The highest BCUT2D eigenvalue weighted by molar-refractivity contribution is 5.84. The van der Waals surface area contributed by atoms with Crippen LogP contribution in [-0.2, 0) is 11.3 Å². The number of piperidine rings is 1. The van der Waals surface area contributed by atoms with Crippen molar-refractivity contribution in [3.8, 4) is 5.75 Å². The summed E-state index contributed by atoms with van der Waals surface area (Å²) in [6.45, 7) is 5.59. The van der Waals surface area contributed by atoms with Gasteiger partial charge >= 0.3 is 0 Å². The first-order valence-electron chi connectivity index (χ1n) is 9.18. The number of benzene rings is 2. The Morgan fingerprint density at radius 2 is 1.88 bits per heavy atom. The van der Waals surface area contributed by atoms with Crippen LogP contribution in [0, 0.1) is 5.92 Å². The number of ether oxygens (including phenoxy) is 1. The SMILES string of the molecule is COc1ccc2cc(CN3C[C@H]4CC[C@@H]3CN(C(C)=O)C4)ccc2c1. The summed E-state index contributed by atoms with van der Waals surface area (Å²) in [5.41, 5.74) is 1.35. The molecule has 132 valence electrons. The second-order valence-electron chi connectivity index (χ2n) is 7.50. The van der Waals surface area contributed by atoms with Gasteiger partial charge < -0.3 is 9.64 Å². The molecule has 25 heavy (non-hydrogen) atoms. The van der Waals surface area contributed by atoms with E-state index in [2.05, 4.69) is 40.1 Å². The lowest BCUT2D eigenvalue weighted by Gasteiger charge is -2.36.